The number of benzene rings is 1. The van der Waals surface area contributed by atoms with Crippen molar-refractivity contribution in [2.75, 3.05) is 33.7 Å². The number of likely N-dealkylation sites (N-methyl/N-ethyl adjacent to an activating group) is 1. The molecule has 0 heterocycles. The Morgan fingerprint density at radius 3 is 2.32 bits per heavy atom. The van der Waals surface area contributed by atoms with E-state index in [-0.39, 0.29) is 0 Å². The van der Waals surface area contributed by atoms with Gasteiger partial charge in [0.2, 0.25) is 0 Å². The van der Waals surface area contributed by atoms with Crippen molar-refractivity contribution in [2.24, 2.45) is 5.73 Å². The maximum absolute atomic E-state index is 5.75. The summed E-state index contributed by atoms with van der Waals surface area (Å²) >= 11 is 0. The quantitative estimate of drug-likeness (QED) is 0.600. The highest BCUT2D eigenvalue weighted by Gasteiger charge is 2.07. The smallest absolute Gasteiger partial charge is 0.0234 e. The van der Waals surface area contributed by atoms with Gasteiger partial charge >= 0.3 is 0 Å². The van der Waals surface area contributed by atoms with Crippen molar-refractivity contribution in [2.45, 2.75) is 52.1 Å². The first-order valence-electron chi connectivity index (χ1n) is 8.80. The Morgan fingerprint density at radius 2 is 1.64 bits per heavy atom. The van der Waals surface area contributed by atoms with Gasteiger partial charge in [0, 0.05) is 26.2 Å². The molecule has 1 aromatic carbocycles. The van der Waals surface area contributed by atoms with Gasteiger partial charge in [-0.15, -0.1) is 0 Å². The number of nitrogens with zero attached hydrogens (tertiary/aromatic N) is 2. The summed E-state index contributed by atoms with van der Waals surface area (Å²) in [5, 5.41) is 0. The molecule has 0 unspecified atom stereocenters. The Balaban J connectivity index is 2.48. The van der Waals surface area contributed by atoms with E-state index in [1.54, 1.807) is 0 Å². The van der Waals surface area contributed by atoms with Crippen molar-refractivity contribution in [1.29, 1.82) is 0 Å². The Labute approximate surface area is 137 Å². The van der Waals surface area contributed by atoms with Gasteiger partial charge in [-0.05, 0) is 38.2 Å². The zero-order valence-electron chi connectivity index (χ0n) is 14.9. The van der Waals surface area contributed by atoms with Gasteiger partial charge < -0.3 is 10.6 Å². The second-order valence-corrected chi connectivity index (χ2v) is 6.52. The molecule has 0 aliphatic carbocycles. The molecule has 0 aromatic heterocycles. The summed E-state index contributed by atoms with van der Waals surface area (Å²) in [6.07, 6.45) is 6.73. The molecule has 0 atom stereocenters. The summed E-state index contributed by atoms with van der Waals surface area (Å²) in [6, 6.07) is 8.71. The van der Waals surface area contributed by atoms with Crippen molar-refractivity contribution < 1.29 is 0 Å². The van der Waals surface area contributed by atoms with Gasteiger partial charge in [0.05, 0.1) is 0 Å². The van der Waals surface area contributed by atoms with E-state index in [0.717, 1.165) is 19.6 Å². The average Bonchev–Trinajstić information content (AvgIpc) is 2.52. The number of nitrogens with two attached hydrogens (primary N) is 1. The van der Waals surface area contributed by atoms with Gasteiger partial charge in [-0.25, -0.2) is 0 Å². The van der Waals surface area contributed by atoms with Crippen LogP contribution < -0.4 is 5.73 Å². The monoisotopic (exact) mass is 305 g/mol. The molecular weight excluding hydrogens is 270 g/mol. The van der Waals surface area contributed by atoms with Crippen LogP contribution >= 0.6 is 0 Å². The first-order chi connectivity index (χ1) is 10.7. The highest BCUT2D eigenvalue weighted by molar-refractivity contribution is 5.23. The van der Waals surface area contributed by atoms with Crippen molar-refractivity contribution in [1.82, 2.24) is 9.80 Å². The maximum atomic E-state index is 5.75. The van der Waals surface area contributed by atoms with Gasteiger partial charge in [-0.3, -0.25) is 4.90 Å². The Kier molecular flexibility index (Phi) is 10.1. The minimum atomic E-state index is 0.628. The molecule has 0 saturated heterocycles. The van der Waals surface area contributed by atoms with Crippen LogP contribution in [0, 0.1) is 0 Å². The van der Waals surface area contributed by atoms with E-state index in [1.165, 1.54) is 49.8 Å². The molecule has 1 aromatic rings. The lowest BCUT2D eigenvalue weighted by Gasteiger charge is -2.24. The van der Waals surface area contributed by atoms with E-state index in [4.69, 9.17) is 5.73 Å². The third-order valence-electron chi connectivity index (χ3n) is 4.07. The number of hydrogen-bond donors (Lipinski definition) is 1. The van der Waals surface area contributed by atoms with Gasteiger partial charge in [-0.2, -0.15) is 0 Å². The number of rotatable bonds is 12. The minimum absolute atomic E-state index is 0.628. The lowest BCUT2D eigenvalue weighted by atomic mass is 10.1. The lowest BCUT2D eigenvalue weighted by Crippen LogP contribution is -2.32. The third-order valence-corrected chi connectivity index (χ3v) is 4.07. The molecule has 0 spiro atoms. The Morgan fingerprint density at radius 1 is 0.909 bits per heavy atom. The highest BCUT2D eigenvalue weighted by Crippen LogP contribution is 2.10. The van der Waals surface area contributed by atoms with Crippen molar-refractivity contribution in [3.63, 3.8) is 0 Å². The second-order valence-electron chi connectivity index (χ2n) is 6.52. The van der Waals surface area contributed by atoms with Crippen LogP contribution in [0.3, 0.4) is 0 Å². The van der Waals surface area contributed by atoms with Gasteiger partial charge in [0.25, 0.3) is 0 Å². The van der Waals surface area contributed by atoms with Crippen LogP contribution in [-0.4, -0.2) is 43.5 Å². The van der Waals surface area contributed by atoms with E-state index < -0.39 is 0 Å². The van der Waals surface area contributed by atoms with Crippen LogP contribution in [0.5, 0.6) is 0 Å². The molecule has 1 rings (SSSR count). The standard InChI is InChI=1S/C19H35N3/c1-4-5-6-7-8-12-22(14-13-21(2)3)17-19-11-9-10-18(15-19)16-20/h9-11,15H,4-8,12-14,16-17,20H2,1-3H3. The predicted molar refractivity (Wildman–Crippen MR) is 96.9 cm³/mol. The van der Waals surface area contributed by atoms with Crippen LogP contribution in [0.25, 0.3) is 0 Å². The van der Waals surface area contributed by atoms with Crippen LogP contribution in [0.1, 0.15) is 50.2 Å². The zero-order valence-corrected chi connectivity index (χ0v) is 14.9. The van der Waals surface area contributed by atoms with Crippen LogP contribution in [0.2, 0.25) is 0 Å². The van der Waals surface area contributed by atoms with E-state index in [0.29, 0.717) is 6.54 Å². The molecule has 0 saturated carbocycles. The Hall–Kier alpha value is -0.900. The molecule has 3 heteroatoms. The molecular formula is C19H35N3. The van der Waals surface area contributed by atoms with E-state index in [2.05, 4.69) is 55.1 Å². The second kappa shape index (κ2) is 11.6. The van der Waals surface area contributed by atoms with Crippen LogP contribution in [0.4, 0.5) is 0 Å². The van der Waals surface area contributed by atoms with Crippen molar-refractivity contribution in [3.8, 4) is 0 Å². The molecule has 0 aliphatic heterocycles. The summed E-state index contributed by atoms with van der Waals surface area (Å²) in [5.41, 5.74) is 8.37. The summed E-state index contributed by atoms with van der Waals surface area (Å²) in [7, 11) is 4.29. The normalized spacial score (nSPS) is 11.5. The van der Waals surface area contributed by atoms with E-state index in [9.17, 15) is 0 Å². The average molecular weight is 306 g/mol. The fourth-order valence-electron chi connectivity index (χ4n) is 2.66. The summed E-state index contributed by atoms with van der Waals surface area (Å²) in [5.74, 6) is 0. The molecule has 0 bridgehead atoms. The summed E-state index contributed by atoms with van der Waals surface area (Å²) in [4.78, 5) is 4.85. The lowest BCUT2D eigenvalue weighted by molar-refractivity contribution is 0.229. The van der Waals surface area contributed by atoms with Crippen LogP contribution in [-0.2, 0) is 13.1 Å². The molecule has 0 fully saturated rings. The van der Waals surface area contributed by atoms with Crippen molar-refractivity contribution >= 4 is 0 Å². The molecule has 2 N–H and O–H groups in total. The fraction of sp³-hybridized carbons (Fsp3) is 0.684. The maximum Gasteiger partial charge on any atom is 0.0234 e. The first kappa shape index (κ1) is 19.1. The zero-order chi connectivity index (χ0) is 16.2. The third kappa shape index (κ3) is 8.52. The Bertz CT molecular complexity index is 390. The summed E-state index contributed by atoms with van der Waals surface area (Å²) in [6.45, 7) is 7.38. The summed E-state index contributed by atoms with van der Waals surface area (Å²) < 4.78 is 0. The SMILES string of the molecule is CCCCCCCN(CCN(C)C)Cc1cccc(CN)c1. The van der Waals surface area contributed by atoms with E-state index >= 15 is 0 Å². The molecule has 0 aliphatic rings. The van der Waals surface area contributed by atoms with Gasteiger partial charge in [-0.1, -0.05) is 56.9 Å². The number of hydrogen-bond acceptors (Lipinski definition) is 3. The van der Waals surface area contributed by atoms with Gasteiger partial charge in [0.15, 0.2) is 0 Å². The topological polar surface area (TPSA) is 32.5 Å². The largest absolute Gasteiger partial charge is 0.326 e. The molecule has 126 valence electrons. The molecule has 0 amide bonds. The number of unbranched alkanes of at least 4 members (excludes halogenated alkanes) is 4. The van der Waals surface area contributed by atoms with Gasteiger partial charge in [0.1, 0.15) is 0 Å². The first-order valence-corrected chi connectivity index (χ1v) is 8.80. The highest BCUT2D eigenvalue weighted by atomic mass is 15.2. The van der Waals surface area contributed by atoms with E-state index in [1.807, 2.05) is 0 Å². The fourth-order valence-corrected chi connectivity index (χ4v) is 2.66. The molecule has 0 radical (unpaired) electrons. The van der Waals surface area contributed by atoms with Crippen molar-refractivity contribution in [3.05, 3.63) is 35.4 Å². The van der Waals surface area contributed by atoms with Crippen LogP contribution in [0.15, 0.2) is 24.3 Å². The predicted octanol–water partition coefficient (Wildman–Crippen LogP) is 3.48. The minimum Gasteiger partial charge on any atom is -0.326 e. The molecule has 22 heavy (non-hydrogen) atoms. The molecule has 3 nitrogen and oxygen atoms in total.